The van der Waals surface area contributed by atoms with E-state index in [0.29, 0.717) is 26.3 Å². The van der Waals surface area contributed by atoms with Crippen LogP contribution in [0.25, 0.3) is 0 Å². The summed E-state index contributed by atoms with van der Waals surface area (Å²) in [6.45, 7) is 2.06. The van der Waals surface area contributed by atoms with Crippen LogP contribution >= 0.6 is 11.3 Å². The minimum absolute atomic E-state index is 0.0660. The van der Waals surface area contributed by atoms with Crippen molar-refractivity contribution in [3.8, 4) is 0 Å². The van der Waals surface area contributed by atoms with E-state index < -0.39 is 11.7 Å². The highest BCUT2D eigenvalue weighted by atomic mass is 32.1. The van der Waals surface area contributed by atoms with Gasteiger partial charge in [-0.2, -0.15) is 0 Å². The maximum Gasteiger partial charge on any atom is 0.273 e. The lowest BCUT2D eigenvalue weighted by Crippen LogP contribution is -2.40. The molecule has 23 heavy (non-hydrogen) atoms. The maximum atomic E-state index is 13.6. The van der Waals surface area contributed by atoms with Gasteiger partial charge in [-0.3, -0.25) is 14.9 Å². The molecular weight excluding hydrogens is 321 g/mol. The number of hydrogen-bond acceptors (Lipinski definition) is 5. The van der Waals surface area contributed by atoms with Crippen molar-refractivity contribution >= 4 is 28.3 Å². The molecule has 0 atom stereocenters. The average Bonchev–Trinajstić information content (AvgIpc) is 3.03. The van der Waals surface area contributed by atoms with E-state index in [9.17, 15) is 14.0 Å². The Balaban J connectivity index is 1.68. The van der Waals surface area contributed by atoms with Crippen LogP contribution in [0.15, 0.2) is 29.6 Å². The lowest BCUT2D eigenvalue weighted by Gasteiger charge is -2.25. The van der Waals surface area contributed by atoms with Gasteiger partial charge in [0.25, 0.3) is 11.8 Å². The highest BCUT2D eigenvalue weighted by Crippen LogP contribution is 2.19. The molecule has 1 aliphatic rings. The predicted molar refractivity (Wildman–Crippen MR) is 83.2 cm³/mol. The third kappa shape index (κ3) is 3.54. The SMILES string of the molecule is O=C(Nc1nc(C(=O)N2CCOCC2)cs1)c1ccccc1F. The van der Waals surface area contributed by atoms with Gasteiger partial charge in [-0.15, -0.1) is 11.3 Å². The summed E-state index contributed by atoms with van der Waals surface area (Å²) in [7, 11) is 0. The molecule has 6 nitrogen and oxygen atoms in total. The third-order valence-electron chi connectivity index (χ3n) is 3.36. The number of benzene rings is 1. The highest BCUT2D eigenvalue weighted by Gasteiger charge is 2.21. The number of aromatic nitrogens is 1. The van der Waals surface area contributed by atoms with Crippen LogP contribution in [0, 0.1) is 5.82 Å². The van der Waals surface area contributed by atoms with Crippen LogP contribution < -0.4 is 5.32 Å². The number of anilines is 1. The summed E-state index contributed by atoms with van der Waals surface area (Å²) < 4.78 is 18.8. The summed E-state index contributed by atoms with van der Waals surface area (Å²) in [5, 5.41) is 4.35. The Hall–Kier alpha value is -2.32. The zero-order chi connectivity index (χ0) is 16.2. The monoisotopic (exact) mass is 335 g/mol. The van der Waals surface area contributed by atoms with E-state index in [1.165, 1.54) is 18.2 Å². The van der Waals surface area contributed by atoms with Gasteiger partial charge in [0.05, 0.1) is 18.8 Å². The molecule has 8 heteroatoms. The fraction of sp³-hybridized carbons (Fsp3) is 0.267. The van der Waals surface area contributed by atoms with Crippen LogP contribution in [0.3, 0.4) is 0 Å². The topological polar surface area (TPSA) is 71.5 Å². The number of ether oxygens (including phenoxy) is 1. The molecule has 1 N–H and O–H groups in total. The molecule has 0 saturated carbocycles. The van der Waals surface area contributed by atoms with E-state index in [1.54, 1.807) is 16.3 Å². The van der Waals surface area contributed by atoms with Gasteiger partial charge in [-0.25, -0.2) is 9.37 Å². The van der Waals surface area contributed by atoms with E-state index in [1.807, 2.05) is 0 Å². The van der Waals surface area contributed by atoms with E-state index in [-0.39, 0.29) is 22.3 Å². The van der Waals surface area contributed by atoms with Gasteiger partial charge in [-0.05, 0) is 12.1 Å². The molecule has 1 aromatic carbocycles. The molecule has 1 saturated heterocycles. The van der Waals surface area contributed by atoms with E-state index in [2.05, 4.69) is 10.3 Å². The van der Waals surface area contributed by atoms with Crippen molar-refractivity contribution in [3.05, 3.63) is 46.7 Å². The van der Waals surface area contributed by atoms with Gasteiger partial charge in [0.15, 0.2) is 5.13 Å². The molecule has 0 unspecified atom stereocenters. The Labute approximate surface area is 135 Å². The Kier molecular flexibility index (Phi) is 4.63. The second kappa shape index (κ2) is 6.84. The van der Waals surface area contributed by atoms with Gasteiger partial charge < -0.3 is 9.64 Å². The smallest absolute Gasteiger partial charge is 0.273 e. The van der Waals surface area contributed by atoms with Gasteiger partial charge in [0.2, 0.25) is 0 Å². The fourth-order valence-corrected chi connectivity index (χ4v) is 2.85. The molecular formula is C15H14FN3O3S. The first-order chi connectivity index (χ1) is 11.1. The molecule has 0 spiro atoms. The number of carbonyl (C=O) groups is 2. The summed E-state index contributed by atoms with van der Waals surface area (Å²) in [5.74, 6) is -1.40. The minimum Gasteiger partial charge on any atom is -0.378 e. The van der Waals surface area contributed by atoms with Crippen molar-refractivity contribution in [2.75, 3.05) is 31.6 Å². The van der Waals surface area contributed by atoms with Crippen molar-refractivity contribution in [2.45, 2.75) is 0 Å². The number of hydrogen-bond donors (Lipinski definition) is 1. The van der Waals surface area contributed by atoms with Gasteiger partial charge in [0.1, 0.15) is 11.5 Å². The second-order valence-electron chi connectivity index (χ2n) is 4.88. The molecule has 2 aromatic rings. The number of nitrogens with one attached hydrogen (secondary N) is 1. The van der Waals surface area contributed by atoms with Crippen LogP contribution in [0.4, 0.5) is 9.52 Å². The maximum absolute atomic E-state index is 13.6. The van der Waals surface area contributed by atoms with Crippen LogP contribution in [0.5, 0.6) is 0 Å². The Morgan fingerprint density at radius 3 is 2.74 bits per heavy atom. The summed E-state index contributed by atoms with van der Waals surface area (Å²) in [6, 6.07) is 5.68. The van der Waals surface area contributed by atoms with Crippen LogP contribution in [0.2, 0.25) is 0 Å². The number of thiazole rings is 1. The molecule has 120 valence electrons. The first-order valence-electron chi connectivity index (χ1n) is 7.03. The minimum atomic E-state index is -0.605. The van der Waals surface area contributed by atoms with Crippen LogP contribution in [-0.2, 0) is 4.74 Å². The highest BCUT2D eigenvalue weighted by molar-refractivity contribution is 7.14. The number of rotatable bonds is 3. The molecule has 1 aromatic heterocycles. The lowest BCUT2D eigenvalue weighted by atomic mass is 10.2. The summed E-state index contributed by atoms with van der Waals surface area (Å²) in [5.41, 5.74) is 0.199. The number of morpholine rings is 1. The summed E-state index contributed by atoms with van der Waals surface area (Å²) in [4.78, 5) is 30.1. The predicted octanol–water partition coefficient (Wildman–Crippen LogP) is 2.01. The van der Waals surface area contributed by atoms with Crippen molar-refractivity contribution in [1.82, 2.24) is 9.88 Å². The normalized spacial score (nSPS) is 14.6. The molecule has 0 radical (unpaired) electrons. The van der Waals surface area contributed by atoms with Gasteiger partial charge in [-0.1, -0.05) is 12.1 Å². The largest absolute Gasteiger partial charge is 0.378 e. The van der Waals surface area contributed by atoms with Gasteiger partial charge >= 0.3 is 0 Å². The average molecular weight is 335 g/mol. The van der Waals surface area contributed by atoms with Crippen molar-refractivity contribution in [1.29, 1.82) is 0 Å². The number of carbonyl (C=O) groups excluding carboxylic acids is 2. The number of nitrogens with zero attached hydrogens (tertiary/aromatic N) is 2. The Bertz CT molecular complexity index is 728. The van der Waals surface area contributed by atoms with E-state index in [4.69, 9.17) is 4.74 Å². The molecule has 2 amide bonds. The van der Waals surface area contributed by atoms with Crippen LogP contribution in [0.1, 0.15) is 20.8 Å². The number of amides is 2. The zero-order valence-corrected chi connectivity index (χ0v) is 12.9. The summed E-state index contributed by atoms with van der Waals surface area (Å²) in [6.07, 6.45) is 0. The molecule has 0 aliphatic carbocycles. The summed E-state index contributed by atoms with van der Waals surface area (Å²) >= 11 is 1.13. The molecule has 0 bridgehead atoms. The zero-order valence-electron chi connectivity index (χ0n) is 12.1. The Morgan fingerprint density at radius 1 is 1.26 bits per heavy atom. The van der Waals surface area contributed by atoms with Gasteiger partial charge in [0, 0.05) is 18.5 Å². The molecule has 1 fully saturated rings. The van der Waals surface area contributed by atoms with Crippen molar-refractivity contribution in [3.63, 3.8) is 0 Å². The molecule has 3 rings (SSSR count). The van der Waals surface area contributed by atoms with Crippen molar-refractivity contribution < 1.29 is 18.7 Å². The van der Waals surface area contributed by atoms with E-state index in [0.717, 1.165) is 11.3 Å². The fourth-order valence-electron chi connectivity index (χ4n) is 2.17. The Morgan fingerprint density at radius 2 is 2.00 bits per heavy atom. The lowest BCUT2D eigenvalue weighted by molar-refractivity contribution is 0.0299. The number of halogens is 1. The second-order valence-corrected chi connectivity index (χ2v) is 5.73. The quantitative estimate of drug-likeness (QED) is 0.931. The van der Waals surface area contributed by atoms with E-state index >= 15 is 0 Å². The van der Waals surface area contributed by atoms with Crippen molar-refractivity contribution in [2.24, 2.45) is 0 Å². The van der Waals surface area contributed by atoms with Crippen LogP contribution in [-0.4, -0.2) is 48.0 Å². The first-order valence-corrected chi connectivity index (χ1v) is 7.91. The molecule has 2 heterocycles. The third-order valence-corrected chi connectivity index (χ3v) is 4.12. The molecule has 1 aliphatic heterocycles. The standard InChI is InChI=1S/C15H14FN3O3S/c16-11-4-2-1-3-10(11)13(20)18-15-17-12(9-23-15)14(21)19-5-7-22-8-6-19/h1-4,9H,5-8H2,(H,17,18,20). The first kappa shape index (κ1) is 15.6.